The quantitative estimate of drug-likeness (QED) is 0.326. The number of carbonyl (C=O) groups excluding carboxylic acids is 1. The molecule has 0 fully saturated rings. The SMILES string of the molecule is COc1ccc(-n2ncc3c(=O)[nH]c(SCC(=O)NCCc4ccccc4)nc32)cc1. The average Bonchev–Trinajstić information content (AvgIpc) is 3.23. The molecule has 0 bridgehead atoms. The van der Waals surface area contributed by atoms with Crippen LogP contribution in [0.25, 0.3) is 16.7 Å². The number of benzene rings is 2. The van der Waals surface area contributed by atoms with Crippen molar-refractivity contribution in [3.05, 3.63) is 76.7 Å². The van der Waals surface area contributed by atoms with E-state index in [1.54, 1.807) is 11.8 Å². The van der Waals surface area contributed by atoms with Gasteiger partial charge in [0.25, 0.3) is 5.56 Å². The molecule has 1 amide bonds. The number of aromatic amines is 1. The van der Waals surface area contributed by atoms with Crippen LogP contribution in [-0.2, 0) is 11.2 Å². The summed E-state index contributed by atoms with van der Waals surface area (Å²) in [5, 5.41) is 7.93. The molecule has 0 spiro atoms. The van der Waals surface area contributed by atoms with Crippen LogP contribution in [0.1, 0.15) is 5.56 Å². The van der Waals surface area contributed by atoms with Gasteiger partial charge in [-0.15, -0.1) is 0 Å². The molecular weight excluding hydrogens is 414 g/mol. The molecule has 0 radical (unpaired) electrons. The Bertz CT molecular complexity index is 1240. The number of hydrogen-bond acceptors (Lipinski definition) is 6. The second-order valence-electron chi connectivity index (χ2n) is 6.74. The van der Waals surface area contributed by atoms with Crippen molar-refractivity contribution in [3.8, 4) is 11.4 Å². The van der Waals surface area contributed by atoms with Crippen molar-refractivity contribution in [3.63, 3.8) is 0 Å². The van der Waals surface area contributed by atoms with Crippen LogP contribution in [0, 0.1) is 0 Å². The van der Waals surface area contributed by atoms with E-state index < -0.39 is 0 Å². The highest BCUT2D eigenvalue weighted by atomic mass is 32.2. The predicted molar refractivity (Wildman–Crippen MR) is 120 cm³/mol. The molecule has 0 unspecified atom stereocenters. The number of nitrogens with zero attached hydrogens (tertiary/aromatic N) is 3. The first-order chi connectivity index (χ1) is 15.1. The van der Waals surface area contributed by atoms with E-state index in [-0.39, 0.29) is 17.2 Å². The van der Waals surface area contributed by atoms with Gasteiger partial charge in [-0.3, -0.25) is 9.59 Å². The average molecular weight is 436 g/mol. The maximum absolute atomic E-state index is 12.4. The zero-order chi connectivity index (χ0) is 21.6. The number of carbonyl (C=O) groups is 1. The molecule has 8 nitrogen and oxygen atoms in total. The van der Waals surface area contributed by atoms with Gasteiger partial charge in [-0.2, -0.15) is 5.10 Å². The zero-order valence-corrected chi connectivity index (χ0v) is 17.7. The van der Waals surface area contributed by atoms with Gasteiger partial charge in [-0.1, -0.05) is 42.1 Å². The van der Waals surface area contributed by atoms with Gasteiger partial charge in [0.15, 0.2) is 10.8 Å². The van der Waals surface area contributed by atoms with Crippen molar-refractivity contribution >= 4 is 28.7 Å². The first kappa shape index (κ1) is 20.7. The Morgan fingerprint density at radius 2 is 1.94 bits per heavy atom. The maximum Gasteiger partial charge on any atom is 0.262 e. The van der Waals surface area contributed by atoms with Crippen molar-refractivity contribution < 1.29 is 9.53 Å². The molecular formula is C22H21N5O3S. The van der Waals surface area contributed by atoms with E-state index >= 15 is 0 Å². The number of ether oxygens (including phenoxy) is 1. The molecule has 2 aromatic carbocycles. The lowest BCUT2D eigenvalue weighted by Crippen LogP contribution is -2.27. The van der Waals surface area contributed by atoms with E-state index in [2.05, 4.69) is 20.4 Å². The second kappa shape index (κ2) is 9.48. The molecule has 0 aliphatic heterocycles. The van der Waals surface area contributed by atoms with Crippen LogP contribution < -0.4 is 15.6 Å². The topological polar surface area (TPSA) is 102 Å². The number of methoxy groups -OCH3 is 1. The van der Waals surface area contributed by atoms with E-state index in [0.29, 0.717) is 22.7 Å². The van der Waals surface area contributed by atoms with Crippen molar-refractivity contribution in [2.24, 2.45) is 0 Å². The summed E-state index contributed by atoms with van der Waals surface area (Å²) < 4.78 is 6.77. The lowest BCUT2D eigenvalue weighted by molar-refractivity contribution is -0.118. The van der Waals surface area contributed by atoms with Gasteiger partial charge < -0.3 is 15.0 Å². The third kappa shape index (κ3) is 4.95. The number of nitrogens with one attached hydrogen (secondary N) is 2. The summed E-state index contributed by atoms with van der Waals surface area (Å²) in [5.41, 5.74) is 2.06. The minimum Gasteiger partial charge on any atom is -0.497 e. The maximum atomic E-state index is 12.4. The predicted octanol–water partition coefficient (Wildman–Crippen LogP) is 2.57. The summed E-state index contributed by atoms with van der Waals surface area (Å²) in [7, 11) is 1.60. The number of thioether (sulfide) groups is 1. The minimum absolute atomic E-state index is 0.118. The largest absolute Gasteiger partial charge is 0.497 e. The highest BCUT2D eigenvalue weighted by Crippen LogP contribution is 2.19. The normalized spacial score (nSPS) is 10.9. The molecule has 158 valence electrons. The highest BCUT2D eigenvalue weighted by Gasteiger charge is 2.13. The number of rotatable bonds is 8. The Morgan fingerprint density at radius 3 is 2.68 bits per heavy atom. The van der Waals surface area contributed by atoms with Crippen LogP contribution >= 0.6 is 11.8 Å². The second-order valence-corrected chi connectivity index (χ2v) is 7.70. The van der Waals surface area contributed by atoms with Gasteiger partial charge in [0.2, 0.25) is 5.91 Å². The fraction of sp³-hybridized carbons (Fsp3) is 0.182. The van der Waals surface area contributed by atoms with Crippen LogP contribution in [0.5, 0.6) is 5.75 Å². The van der Waals surface area contributed by atoms with Gasteiger partial charge in [-0.05, 0) is 36.2 Å². The molecule has 9 heteroatoms. The number of hydrogen-bond donors (Lipinski definition) is 2. The summed E-state index contributed by atoms with van der Waals surface area (Å²) in [6.07, 6.45) is 2.25. The van der Waals surface area contributed by atoms with Crippen LogP contribution in [0.2, 0.25) is 0 Å². The molecule has 0 atom stereocenters. The number of H-pyrrole nitrogens is 1. The summed E-state index contributed by atoms with van der Waals surface area (Å²) in [6.45, 7) is 0.552. The molecule has 0 aliphatic carbocycles. The van der Waals surface area contributed by atoms with E-state index in [4.69, 9.17) is 4.74 Å². The summed E-state index contributed by atoms with van der Waals surface area (Å²) in [5.74, 6) is 0.757. The molecule has 2 N–H and O–H groups in total. The van der Waals surface area contributed by atoms with Gasteiger partial charge >= 0.3 is 0 Å². The molecule has 4 rings (SSSR count). The van der Waals surface area contributed by atoms with E-state index in [1.807, 2.05) is 54.6 Å². The fourth-order valence-electron chi connectivity index (χ4n) is 3.05. The van der Waals surface area contributed by atoms with Crippen LogP contribution in [-0.4, -0.2) is 45.1 Å². The first-order valence-corrected chi connectivity index (χ1v) is 10.7. The Labute approximate surface area is 182 Å². The van der Waals surface area contributed by atoms with Crippen molar-refractivity contribution in [1.29, 1.82) is 0 Å². The molecule has 0 saturated carbocycles. The monoisotopic (exact) mass is 435 g/mol. The number of amides is 1. The highest BCUT2D eigenvalue weighted by molar-refractivity contribution is 7.99. The number of fused-ring (bicyclic) bond motifs is 1. The molecule has 4 aromatic rings. The Kier molecular flexibility index (Phi) is 6.32. The van der Waals surface area contributed by atoms with Gasteiger partial charge in [0.05, 0.1) is 24.7 Å². The summed E-state index contributed by atoms with van der Waals surface area (Å²) >= 11 is 1.18. The molecule has 2 aromatic heterocycles. The fourth-order valence-corrected chi connectivity index (χ4v) is 3.74. The van der Waals surface area contributed by atoms with Gasteiger partial charge in [0.1, 0.15) is 11.1 Å². The lowest BCUT2D eigenvalue weighted by atomic mass is 10.1. The van der Waals surface area contributed by atoms with Crippen LogP contribution in [0.15, 0.2) is 70.7 Å². The third-order valence-corrected chi connectivity index (χ3v) is 5.53. The Morgan fingerprint density at radius 1 is 1.16 bits per heavy atom. The van der Waals surface area contributed by atoms with Crippen molar-refractivity contribution in [2.75, 3.05) is 19.4 Å². The standard InChI is InChI=1S/C22H21N5O3S/c1-30-17-9-7-16(8-10-17)27-20-18(13-24-27)21(29)26-22(25-20)31-14-19(28)23-12-11-15-5-3-2-4-6-15/h2-10,13H,11-12,14H2,1H3,(H,23,28)(H,25,26,29). The van der Waals surface area contributed by atoms with Gasteiger partial charge in [-0.25, -0.2) is 9.67 Å². The first-order valence-electron chi connectivity index (χ1n) is 9.70. The Hall–Kier alpha value is -3.59. The minimum atomic E-state index is -0.295. The molecule has 0 aliphatic rings. The van der Waals surface area contributed by atoms with Gasteiger partial charge in [0, 0.05) is 6.54 Å². The van der Waals surface area contributed by atoms with E-state index in [1.165, 1.54) is 23.5 Å². The number of aromatic nitrogens is 4. The van der Waals surface area contributed by atoms with Crippen molar-refractivity contribution in [1.82, 2.24) is 25.1 Å². The van der Waals surface area contributed by atoms with Crippen molar-refractivity contribution in [2.45, 2.75) is 11.6 Å². The summed E-state index contributed by atoms with van der Waals surface area (Å²) in [4.78, 5) is 31.8. The van der Waals surface area contributed by atoms with E-state index in [0.717, 1.165) is 17.9 Å². The smallest absolute Gasteiger partial charge is 0.262 e. The van der Waals surface area contributed by atoms with E-state index in [9.17, 15) is 9.59 Å². The molecule has 0 saturated heterocycles. The Balaban J connectivity index is 1.43. The molecule has 31 heavy (non-hydrogen) atoms. The third-order valence-electron chi connectivity index (χ3n) is 4.65. The van der Waals surface area contributed by atoms with Crippen LogP contribution in [0.3, 0.4) is 0 Å². The lowest BCUT2D eigenvalue weighted by Gasteiger charge is -2.06. The molecule has 2 heterocycles. The van der Waals surface area contributed by atoms with Crippen LogP contribution in [0.4, 0.5) is 0 Å². The summed E-state index contributed by atoms with van der Waals surface area (Å²) in [6, 6.07) is 17.3. The zero-order valence-electron chi connectivity index (χ0n) is 16.9.